The van der Waals surface area contributed by atoms with Gasteiger partial charge in [0, 0.05) is 18.2 Å². The Kier molecular flexibility index (Phi) is 10.4. The third-order valence-corrected chi connectivity index (χ3v) is 5.62. The summed E-state index contributed by atoms with van der Waals surface area (Å²) in [4.78, 5) is 11.9. The molecule has 4 N–H and O–H groups in total. The van der Waals surface area contributed by atoms with Crippen LogP contribution in [0.25, 0.3) is 6.08 Å². The Labute approximate surface area is 228 Å². The van der Waals surface area contributed by atoms with Gasteiger partial charge in [-0.05, 0) is 78.9 Å². The molecule has 0 aromatic heterocycles. The quantitative estimate of drug-likeness (QED) is 0.0772. The number of halogens is 5. The van der Waals surface area contributed by atoms with Crippen LogP contribution in [0.2, 0.25) is 0 Å². The summed E-state index contributed by atoms with van der Waals surface area (Å²) in [6.07, 6.45) is -5.41. The smallest absolute Gasteiger partial charge is 0.426 e. The minimum absolute atomic E-state index is 0.0200. The van der Waals surface area contributed by atoms with Crippen LogP contribution in [0.15, 0.2) is 72.8 Å². The molecule has 40 heavy (non-hydrogen) atoms. The predicted octanol–water partition coefficient (Wildman–Crippen LogP) is 6.89. The van der Waals surface area contributed by atoms with E-state index >= 15 is 0 Å². The van der Waals surface area contributed by atoms with Crippen molar-refractivity contribution in [1.29, 1.82) is 0 Å². The number of ether oxygens (including phenoxy) is 3. The zero-order valence-corrected chi connectivity index (χ0v) is 21.4. The number of esters is 1. The molecule has 0 fully saturated rings. The number of benzene rings is 3. The maximum Gasteiger partial charge on any atom is 0.426 e. The van der Waals surface area contributed by atoms with E-state index in [4.69, 9.17) is 25.7 Å². The molecule has 3 rings (SSSR count). The molecule has 0 aliphatic carbocycles. The number of rotatable bonds is 13. The van der Waals surface area contributed by atoms with Crippen molar-refractivity contribution in [2.75, 3.05) is 24.7 Å². The molecule has 11 heteroatoms. The molecule has 3 aromatic carbocycles. The predicted molar refractivity (Wildman–Crippen MR) is 142 cm³/mol. The van der Waals surface area contributed by atoms with Crippen LogP contribution in [0.3, 0.4) is 0 Å². The molecule has 0 aliphatic heterocycles. The van der Waals surface area contributed by atoms with E-state index in [-0.39, 0.29) is 30.9 Å². The van der Waals surface area contributed by atoms with E-state index in [1.54, 1.807) is 18.2 Å². The topological polar surface area (TPSA) is 96.8 Å². The lowest BCUT2D eigenvalue weighted by molar-refractivity contribution is -0.185. The van der Waals surface area contributed by atoms with Crippen molar-refractivity contribution in [3.05, 3.63) is 89.5 Å². The fourth-order valence-corrected chi connectivity index (χ4v) is 3.58. The molecule has 3 aromatic rings. The van der Waals surface area contributed by atoms with Crippen LogP contribution in [0, 0.1) is 0 Å². The van der Waals surface area contributed by atoms with Gasteiger partial charge < -0.3 is 25.7 Å². The first kappa shape index (κ1) is 30.3. The second kappa shape index (κ2) is 13.7. The normalized spacial score (nSPS) is 11.9. The van der Waals surface area contributed by atoms with Crippen LogP contribution in [0.5, 0.6) is 11.5 Å². The number of nitrogens with two attached hydrogens (primary N) is 2. The average molecular weight is 565 g/mol. The van der Waals surface area contributed by atoms with Gasteiger partial charge in [-0.25, -0.2) is 4.79 Å². The van der Waals surface area contributed by atoms with Crippen LogP contribution < -0.4 is 20.9 Å². The van der Waals surface area contributed by atoms with Crippen LogP contribution in [0.4, 0.5) is 33.3 Å². The third kappa shape index (κ3) is 10.1. The van der Waals surface area contributed by atoms with E-state index in [2.05, 4.69) is 0 Å². The highest BCUT2D eigenvalue weighted by Crippen LogP contribution is 2.32. The van der Waals surface area contributed by atoms with Crippen LogP contribution >= 0.6 is 0 Å². The lowest BCUT2D eigenvalue weighted by atomic mass is 10.0. The third-order valence-electron chi connectivity index (χ3n) is 5.62. The Morgan fingerprint density at radius 1 is 0.850 bits per heavy atom. The largest absolute Gasteiger partial charge is 0.488 e. The van der Waals surface area contributed by atoms with Gasteiger partial charge in [-0.15, -0.1) is 0 Å². The van der Waals surface area contributed by atoms with Crippen molar-refractivity contribution in [2.24, 2.45) is 0 Å². The Bertz CT molecular complexity index is 1280. The monoisotopic (exact) mass is 564 g/mol. The van der Waals surface area contributed by atoms with Crippen LogP contribution in [-0.2, 0) is 22.1 Å². The van der Waals surface area contributed by atoms with E-state index in [0.29, 0.717) is 41.1 Å². The summed E-state index contributed by atoms with van der Waals surface area (Å²) in [6, 6.07) is 15.7. The Morgan fingerprint density at radius 2 is 1.55 bits per heavy atom. The number of carbonyl (C=O) groups is 1. The molecule has 0 amide bonds. The molecule has 6 nitrogen and oxygen atoms in total. The summed E-state index contributed by atoms with van der Waals surface area (Å²) < 4.78 is 81.2. The maximum absolute atomic E-state index is 14.6. The van der Waals surface area contributed by atoms with Crippen LogP contribution in [-0.4, -0.2) is 25.4 Å². The van der Waals surface area contributed by atoms with Crippen molar-refractivity contribution >= 4 is 23.4 Å². The zero-order valence-electron chi connectivity index (χ0n) is 21.4. The van der Waals surface area contributed by atoms with E-state index in [1.807, 2.05) is 0 Å². The summed E-state index contributed by atoms with van der Waals surface area (Å²) in [5.41, 5.74) is 13.1. The number of carbonyl (C=O) groups excluding carboxylic acids is 1. The molecule has 0 heterocycles. The van der Waals surface area contributed by atoms with E-state index in [1.165, 1.54) is 60.7 Å². The molecule has 0 spiro atoms. The summed E-state index contributed by atoms with van der Waals surface area (Å²) in [5.74, 6) is -0.298. The fraction of sp³-hybridized carbons (Fsp3) is 0.276. The van der Waals surface area contributed by atoms with Gasteiger partial charge in [0.25, 0.3) is 0 Å². The number of hydrogen-bond donors (Lipinski definition) is 2. The van der Waals surface area contributed by atoms with E-state index in [0.717, 1.165) is 0 Å². The molecule has 0 radical (unpaired) electrons. The minimum atomic E-state index is -4.20. The first-order valence-corrected chi connectivity index (χ1v) is 12.4. The number of alkyl halides is 5. The Morgan fingerprint density at radius 3 is 2.20 bits per heavy atom. The van der Waals surface area contributed by atoms with Gasteiger partial charge in [0.15, 0.2) is 0 Å². The number of aryl methyl sites for hydroxylation is 1. The number of anilines is 2. The van der Waals surface area contributed by atoms with Crippen molar-refractivity contribution < 1.29 is 41.0 Å². The van der Waals surface area contributed by atoms with Gasteiger partial charge in [0.1, 0.15) is 24.7 Å². The molecular formula is C29H29F5N2O4. The Hall–Kier alpha value is -4.28. The molecule has 0 aliphatic rings. The standard InChI is InChI=1S/C29H29F5N2O4/c30-28(31,32)16-2-1-3-20-4-9-22(10-5-20)29(33,34)40-24-12-6-21(7-13-24)8-15-27(37)39-18-17-38-26-14-11-23(35)19-25(26)36/h4-15,19H,1-3,16-18,35-36H2/b15-8+. The highest BCUT2D eigenvalue weighted by molar-refractivity contribution is 5.87. The van der Waals surface area contributed by atoms with Gasteiger partial charge in [0.05, 0.1) is 11.3 Å². The van der Waals surface area contributed by atoms with Gasteiger partial charge in [-0.1, -0.05) is 24.3 Å². The molecule has 0 saturated heterocycles. The molecular weight excluding hydrogens is 535 g/mol. The summed E-state index contributed by atoms with van der Waals surface area (Å²) in [7, 11) is 0. The lowest BCUT2D eigenvalue weighted by Crippen LogP contribution is -2.21. The molecule has 0 atom stereocenters. The Balaban J connectivity index is 1.43. The van der Waals surface area contributed by atoms with Gasteiger partial charge in [-0.3, -0.25) is 0 Å². The van der Waals surface area contributed by atoms with Gasteiger partial charge >= 0.3 is 18.3 Å². The second-order valence-electron chi connectivity index (χ2n) is 8.85. The van der Waals surface area contributed by atoms with Crippen molar-refractivity contribution in [1.82, 2.24) is 0 Å². The first-order valence-electron chi connectivity index (χ1n) is 12.4. The SMILES string of the molecule is Nc1ccc(OCCOC(=O)/C=C/c2ccc(OC(F)(F)c3ccc(CCCCC(F)(F)F)cc3)cc2)c(N)c1. The lowest BCUT2D eigenvalue weighted by Gasteiger charge is -2.18. The number of hydrogen-bond acceptors (Lipinski definition) is 6. The zero-order chi connectivity index (χ0) is 29.2. The fourth-order valence-electron chi connectivity index (χ4n) is 3.58. The molecule has 214 valence electrons. The molecule has 0 unspecified atom stereocenters. The number of unbranched alkanes of at least 4 members (excludes halogenated alkanes) is 1. The maximum atomic E-state index is 14.6. The van der Waals surface area contributed by atoms with Crippen LogP contribution in [0.1, 0.15) is 36.0 Å². The van der Waals surface area contributed by atoms with Crippen molar-refractivity contribution in [3.8, 4) is 11.5 Å². The van der Waals surface area contributed by atoms with Gasteiger partial charge in [0.2, 0.25) is 0 Å². The number of nitrogen functional groups attached to an aromatic ring is 2. The van der Waals surface area contributed by atoms with E-state index < -0.39 is 24.7 Å². The van der Waals surface area contributed by atoms with Crippen molar-refractivity contribution in [3.63, 3.8) is 0 Å². The summed E-state index contributed by atoms with van der Waals surface area (Å²) >= 11 is 0. The summed E-state index contributed by atoms with van der Waals surface area (Å²) in [6.45, 7) is 0.0620. The molecule has 0 saturated carbocycles. The highest BCUT2D eigenvalue weighted by atomic mass is 19.4. The average Bonchev–Trinajstić information content (AvgIpc) is 2.89. The highest BCUT2D eigenvalue weighted by Gasteiger charge is 2.34. The van der Waals surface area contributed by atoms with Gasteiger partial charge in [-0.2, -0.15) is 22.0 Å². The molecule has 0 bridgehead atoms. The minimum Gasteiger partial charge on any atom is -0.488 e. The van der Waals surface area contributed by atoms with Crippen molar-refractivity contribution in [2.45, 2.75) is 38.0 Å². The van der Waals surface area contributed by atoms with E-state index in [9.17, 15) is 26.7 Å². The second-order valence-corrected chi connectivity index (χ2v) is 8.85. The first-order chi connectivity index (χ1) is 18.9. The summed E-state index contributed by atoms with van der Waals surface area (Å²) in [5, 5.41) is 0.